The third kappa shape index (κ3) is 2.71. The summed E-state index contributed by atoms with van der Waals surface area (Å²) in [5.74, 6) is 1.02. The lowest BCUT2D eigenvalue weighted by molar-refractivity contribution is 0.172. The normalized spacial score (nSPS) is 24.2. The lowest BCUT2D eigenvalue weighted by Crippen LogP contribution is -2.43. The first-order valence-corrected chi connectivity index (χ1v) is 6.31. The lowest BCUT2D eigenvalue weighted by atomic mass is 10.1. The number of rotatable bonds is 7. The minimum atomic E-state index is 0.674. The van der Waals surface area contributed by atoms with Crippen LogP contribution in [-0.4, -0.2) is 30.1 Å². The first-order valence-electron chi connectivity index (χ1n) is 6.31. The van der Waals surface area contributed by atoms with E-state index in [4.69, 9.17) is 5.73 Å². The Labute approximate surface area is 87.8 Å². The summed E-state index contributed by atoms with van der Waals surface area (Å²) in [7, 11) is 0. The molecule has 2 heteroatoms. The molecule has 2 aliphatic rings. The molecule has 2 N–H and O–H groups in total. The second-order valence-electron chi connectivity index (χ2n) is 5.05. The van der Waals surface area contributed by atoms with E-state index in [0.717, 1.165) is 18.5 Å². The molecule has 0 amide bonds. The van der Waals surface area contributed by atoms with Gasteiger partial charge in [0.05, 0.1) is 0 Å². The van der Waals surface area contributed by atoms with E-state index in [1.165, 1.54) is 45.1 Å². The summed E-state index contributed by atoms with van der Waals surface area (Å²) in [6.07, 6.45) is 8.34. The number of nitrogens with two attached hydrogens (primary N) is 1. The largest absolute Gasteiger partial charge is 0.329 e. The smallest absolute Gasteiger partial charge is 0.0221 e. The first kappa shape index (κ1) is 10.4. The van der Waals surface area contributed by atoms with Crippen LogP contribution in [-0.2, 0) is 0 Å². The standard InChI is InChI=1S/C12H24N2/c1-2-3-12(8-13)14(11-6-7-11)9-10-4-5-10/h10-12H,2-9,13H2,1H3. The van der Waals surface area contributed by atoms with Crippen LogP contribution in [0.15, 0.2) is 0 Å². The fraction of sp³-hybridized carbons (Fsp3) is 1.00. The summed E-state index contributed by atoms with van der Waals surface area (Å²) >= 11 is 0. The molecule has 0 bridgehead atoms. The van der Waals surface area contributed by atoms with Crippen molar-refractivity contribution in [2.45, 2.75) is 57.5 Å². The van der Waals surface area contributed by atoms with Gasteiger partial charge in [0.15, 0.2) is 0 Å². The van der Waals surface area contributed by atoms with Crippen LogP contribution < -0.4 is 5.73 Å². The van der Waals surface area contributed by atoms with E-state index in [0.29, 0.717) is 6.04 Å². The Morgan fingerprint density at radius 3 is 2.43 bits per heavy atom. The number of nitrogens with zero attached hydrogens (tertiary/aromatic N) is 1. The quantitative estimate of drug-likeness (QED) is 0.674. The summed E-state index contributed by atoms with van der Waals surface area (Å²) in [5, 5.41) is 0. The van der Waals surface area contributed by atoms with Gasteiger partial charge in [0.1, 0.15) is 0 Å². The SMILES string of the molecule is CCCC(CN)N(CC1CC1)C1CC1. The zero-order chi connectivity index (χ0) is 9.97. The molecule has 0 aromatic carbocycles. The molecule has 2 nitrogen and oxygen atoms in total. The zero-order valence-corrected chi connectivity index (χ0v) is 9.41. The molecule has 0 aliphatic heterocycles. The van der Waals surface area contributed by atoms with E-state index in [1.54, 1.807) is 0 Å². The molecule has 0 aromatic heterocycles. The molecule has 2 saturated carbocycles. The molecule has 1 atom stereocenters. The van der Waals surface area contributed by atoms with Gasteiger partial charge in [-0.2, -0.15) is 0 Å². The Hall–Kier alpha value is -0.0800. The van der Waals surface area contributed by atoms with Crippen LogP contribution in [0.5, 0.6) is 0 Å². The van der Waals surface area contributed by atoms with Crippen LogP contribution in [0.1, 0.15) is 45.4 Å². The maximum absolute atomic E-state index is 5.88. The maximum atomic E-state index is 5.88. The van der Waals surface area contributed by atoms with E-state index < -0.39 is 0 Å². The summed E-state index contributed by atoms with van der Waals surface area (Å²) in [6.45, 7) is 4.47. The minimum Gasteiger partial charge on any atom is -0.329 e. The Kier molecular flexibility index (Phi) is 3.45. The van der Waals surface area contributed by atoms with E-state index in [2.05, 4.69) is 11.8 Å². The highest BCUT2D eigenvalue weighted by molar-refractivity contribution is 4.92. The Morgan fingerprint density at radius 1 is 1.29 bits per heavy atom. The topological polar surface area (TPSA) is 29.3 Å². The van der Waals surface area contributed by atoms with Gasteiger partial charge in [-0.3, -0.25) is 4.90 Å². The molecular weight excluding hydrogens is 172 g/mol. The molecule has 2 fully saturated rings. The van der Waals surface area contributed by atoms with Crippen molar-refractivity contribution in [3.63, 3.8) is 0 Å². The second kappa shape index (κ2) is 4.63. The van der Waals surface area contributed by atoms with Crippen LogP contribution in [0.2, 0.25) is 0 Å². The highest BCUT2D eigenvalue weighted by Crippen LogP contribution is 2.36. The molecule has 1 unspecified atom stereocenters. The van der Waals surface area contributed by atoms with Crippen molar-refractivity contribution < 1.29 is 0 Å². The van der Waals surface area contributed by atoms with Gasteiger partial charge < -0.3 is 5.73 Å². The summed E-state index contributed by atoms with van der Waals surface area (Å²) < 4.78 is 0. The number of hydrogen-bond acceptors (Lipinski definition) is 2. The Bertz CT molecular complexity index is 173. The van der Waals surface area contributed by atoms with Crippen molar-refractivity contribution in [3.8, 4) is 0 Å². The lowest BCUT2D eigenvalue weighted by Gasteiger charge is -2.31. The van der Waals surface area contributed by atoms with Gasteiger partial charge in [-0.25, -0.2) is 0 Å². The predicted molar refractivity (Wildman–Crippen MR) is 60.2 cm³/mol. The predicted octanol–water partition coefficient (Wildman–Crippen LogP) is 1.99. The third-order valence-electron chi connectivity index (χ3n) is 3.54. The summed E-state index contributed by atoms with van der Waals surface area (Å²) in [6, 6.07) is 1.57. The molecule has 82 valence electrons. The summed E-state index contributed by atoms with van der Waals surface area (Å²) in [4.78, 5) is 2.72. The van der Waals surface area contributed by atoms with Crippen molar-refractivity contribution in [2.75, 3.05) is 13.1 Å². The van der Waals surface area contributed by atoms with Gasteiger partial charge in [-0.05, 0) is 38.0 Å². The molecule has 0 spiro atoms. The molecule has 14 heavy (non-hydrogen) atoms. The molecule has 0 saturated heterocycles. The molecule has 2 aliphatic carbocycles. The molecule has 0 radical (unpaired) electrons. The van der Waals surface area contributed by atoms with Crippen LogP contribution in [0.4, 0.5) is 0 Å². The zero-order valence-electron chi connectivity index (χ0n) is 9.41. The van der Waals surface area contributed by atoms with Crippen molar-refractivity contribution in [1.29, 1.82) is 0 Å². The van der Waals surface area contributed by atoms with Crippen LogP contribution >= 0.6 is 0 Å². The maximum Gasteiger partial charge on any atom is 0.0221 e. The molecule has 2 rings (SSSR count). The Balaban J connectivity index is 1.84. The minimum absolute atomic E-state index is 0.674. The molecular formula is C12H24N2. The third-order valence-corrected chi connectivity index (χ3v) is 3.54. The van der Waals surface area contributed by atoms with Crippen molar-refractivity contribution >= 4 is 0 Å². The highest BCUT2D eigenvalue weighted by atomic mass is 15.2. The fourth-order valence-corrected chi connectivity index (χ4v) is 2.35. The Morgan fingerprint density at radius 2 is 2.00 bits per heavy atom. The van der Waals surface area contributed by atoms with Gasteiger partial charge in [0.2, 0.25) is 0 Å². The van der Waals surface area contributed by atoms with Gasteiger partial charge in [-0.15, -0.1) is 0 Å². The molecule has 0 aromatic rings. The van der Waals surface area contributed by atoms with Crippen molar-refractivity contribution in [3.05, 3.63) is 0 Å². The average molecular weight is 196 g/mol. The van der Waals surface area contributed by atoms with E-state index in [-0.39, 0.29) is 0 Å². The van der Waals surface area contributed by atoms with E-state index in [9.17, 15) is 0 Å². The van der Waals surface area contributed by atoms with Crippen molar-refractivity contribution in [2.24, 2.45) is 11.7 Å². The average Bonchev–Trinajstić information content (AvgIpc) is 3.03. The number of hydrogen-bond donors (Lipinski definition) is 1. The highest BCUT2D eigenvalue weighted by Gasteiger charge is 2.36. The molecule has 0 heterocycles. The fourth-order valence-electron chi connectivity index (χ4n) is 2.35. The van der Waals surface area contributed by atoms with E-state index in [1.807, 2.05) is 0 Å². The van der Waals surface area contributed by atoms with Crippen LogP contribution in [0.25, 0.3) is 0 Å². The van der Waals surface area contributed by atoms with Gasteiger partial charge in [0.25, 0.3) is 0 Å². The van der Waals surface area contributed by atoms with Gasteiger partial charge in [-0.1, -0.05) is 13.3 Å². The van der Waals surface area contributed by atoms with Gasteiger partial charge >= 0.3 is 0 Å². The second-order valence-corrected chi connectivity index (χ2v) is 5.05. The van der Waals surface area contributed by atoms with Crippen LogP contribution in [0.3, 0.4) is 0 Å². The monoisotopic (exact) mass is 196 g/mol. The summed E-state index contributed by atoms with van der Waals surface area (Å²) in [5.41, 5.74) is 5.88. The van der Waals surface area contributed by atoms with Gasteiger partial charge in [0, 0.05) is 25.2 Å². The van der Waals surface area contributed by atoms with Crippen molar-refractivity contribution in [1.82, 2.24) is 4.90 Å². The van der Waals surface area contributed by atoms with Crippen LogP contribution in [0, 0.1) is 5.92 Å². The first-order chi connectivity index (χ1) is 6.85. The van der Waals surface area contributed by atoms with E-state index >= 15 is 0 Å².